The Labute approximate surface area is 101 Å². The van der Waals surface area contributed by atoms with Crippen LogP contribution in [0.4, 0.5) is 0 Å². The molecule has 2 unspecified atom stereocenters. The molecule has 0 bridgehead atoms. The summed E-state index contributed by atoms with van der Waals surface area (Å²) >= 11 is 0. The van der Waals surface area contributed by atoms with Crippen LogP contribution in [-0.4, -0.2) is 22.2 Å². The Kier molecular flexibility index (Phi) is 5.63. The molecule has 2 atom stereocenters. The van der Waals surface area contributed by atoms with E-state index in [1.54, 1.807) is 0 Å². The second-order valence-electron chi connectivity index (χ2n) is 4.23. The number of rotatable bonds is 7. The molecule has 17 heavy (non-hydrogen) atoms. The molecule has 0 amide bonds. The Morgan fingerprint density at radius 1 is 1.29 bits per heavy atom. The number of hydrogen-bond acceptors (Lipinski definition) is 3. The van der Waals surface area contributed by atoms with Crippen LogP contribution in [0.15, 0.2) is 30.3 Å². The molecular weight excluding hydrogens is 218 g/mol. The monoisotopic (exact) mass is 237 g/mol. The van der Waals surface area contributed by atoms with E-state index in [2.05, 4.69) is 0 Å². The lowest BCUT2D eigenvalue weighted by molar-refractivity contribution is -0.535. The lowest BCUT2D eigenvalue weighted by Crippen LogP contribution is -2.33. The fraction of sp³-hybridized carbons (Fsp3) is 0.538. The predicted molar refractivity (Wildman–Crippen MR) is 66.5 cm³/mol. The van der Waals surface area contributed by atoms with Gasteiger partial charge in [-0.2, -0.15) is 0 Å². The van der Waals surface area contributed by atoms with Crippen LogP contribution in [0.25, 0.3) is 0 Å². The molecule has 0 saturated heterocycles. The van der Waals surface area contributed by atoms with Gasteiger partial charge in [0.25, 0.3) is 0 Å². The van der Waals surface area contributed by atoms with Crippen LogP contribution in [-0.2, 0) is 6.42 Å². The third-order valence-corrected chi connectivity index (χ3v) is 2.87. The van der Waals surface area contributed by atoms with Crippen molar-refractivity contribution in [2.24, 2.45) is 0 Å². The molecule has 1 N–H and O–H groups in total. The zero-order valence-corrected chi connectivity index (χ0v) is 10.1. The third kappa shape index (κ3) is 4.53. The maximum absolute atomic E-state index is 10.8. The normalized spacial score (nSPS) is 14.2. The minimum absolute atomic E-state index is 0.362. The second kappa shape index (κ2) is 7.01. The lowest BCUT2D eigenvalue weighted by Gasteiger charge is -2.15. The van der Waals surface area contributed by atoms with Crippen molar-refractivity contribution in [1.82, 2.24) is 0 Å². The molecule has 0 heterocycles. The van der Waals surface area contributed by atoms with Gasteiger partial charge in [-0.15, -0.1) is 0 Å². The summed E-state index contributed by atoms with van der Waals surface area (Å²) in [6.07, 6.45) is 1.41. The van der Waals surface area contributed by atoms with E-state index in [4.69, 9.17) is 0 Å². The van der Waals surface area contributed by atoms with Crippen molar-refractivity contribution in [3.8, 4) is 0 Å². The summed E-state index contributed by atoms with van der Waals surface area (Å²) < 4.78 is 0. The summed E-state index contributed by atoms with van der Waals surface area (Å²) in [5, 5.41) is 20.6. The van der Waals surface area contributed by atoms with Gasteiger partial charge in [0.2, 0.25) is 6.04 Å². The van der Waals surface area contributed by atoms with E-state index in [1.807, 2.05) is 37.3 Å². The SMILES string of the molecule is CCCC(C(O)CCc1ccccc1)[N+](=O)[O-]. The van der Waals surface area contributed by atoms with Crippen LogP contribution in [0.5, 0.6) is 0 Å². The minimum atomic E-state index is -0.856. The van der Waals surface area contributed by atoms with Gasteiger partial charge < -0.3 is 5.11 Å². The molecule has 0 saturated carbocycles. The smallest absolute Gasteiger partial charge is 0.238 e. The third-order valence-electron chi connectivity index (χ3n) is 2.87. The van der Waals surface area contributed by atoms with Crippen molar-refractivity contribution in [3.63, 3.8) is 0 Å². The van der Waals surface area contributed by atoms with E-state index in [1.165, 1.54) is 0 Å². The van der Waals surface area contributed by atoms with Crippen LogP contribution in [0, 0.1) is 10.1 Å². The molecule has 0 spiro atoms. The van der Waals surface area contributed by atoms with Crippen molar-refractivity contribution in [2.45, 2.75) is 44.8 Å². The average Bonchev–Trinajstić information content (AvgIpc) is 2.34. The van der Waals surface area contributed by atoms with Gasteiger partial charge in [-0.1, -0.05) is 37.3 Å². The number of aliphatic hydroxyl groups is 1. The molecule has 4 heteroatoms. The zero-order valence-electron chi connectivity index (χ0n) is 10.1. The molecule has 94 valence electrons. The Morgan fingerprint density at radius 3 is 2.47 bits per heavy atom. The molecule has 1 aromatic rings. The molecule has 0 aliphatic heterocycles. The second-order valence-corrected chi connectivity index (χ2v) is 4.23. The molecule has 0 aromatic heterocycles. The Morgan fingerprint density at radius 2 is 1.94 bits per heavy atom. The number of aliphatic hydroxyl groups excluding tert-OH is 1. The first-order valence-electron chi connectivity index (χ1n) is 6.00. The van der Waals surface area contributed by atoms with Gasteiger partial charge in [0.05, 0.1) is 0 Å². The highest BCUT2D eigenvalue weighted by molar-refractivity contribution is 5.14. The minimum Gasteiger partial charge on any atom is -0.386 e. The lowest BCUT2D eigenvalue weighted by atomic mass is 9.99. The van der Waals surface area contributed by atoms with E-state index in [0.717, 1.165) is 5.56 Å². The molecule has 0 aliphatic rings. The van der Waals surface area contributed by atoms with Crippen LogP contribution in [0.3, 0.4) is 0 Å². The summed E-state index contributed by atoms with van der Waals surface area (Å²) in [7, 11) is 0. The summed E-state index contributed by atoms with van der Waals surface area (Å²) in [5.41, 5.74) is 1.10. The van der Waals surface area contributed by atoms with Gasteiger partial charge in [0, 0.05) is 11.3 Å². The maximum Gasteiger partial charge on any atom is 0.238 e. The van der Waals surface area contributed by atoms with Gasteiger partial charge in [-0.05, 0) is 24.8 Å². The Balaban J connectivity index is 2.47. The van der Waals surface area contributed by atoms with Crippen molar-refractivity contribution in [1.29, 1.82) is 0 Å². The molecule has 1 aromatic carbocycles. The quantitative estimate of drug-likeness (QED) is 0.585. The largest absolute Gasteiger partial charge is 0.386 e. The molecular formula is C13H19NO3. The van der Waals surface area contributed by atoms with Crippen molar-refractivity contribution in [2.75, 3.05) is 0 Å². The van der Waals surface area contributed by atoms with Crippen LogP contribution >= 0.6 is 0 Å². The molecule has 0 aliphatic carbocycles. The van der Waals surface area contributed by atoms with Gasteiger partial charge in [0.15, 0.2) is 0 Å². The highest BCUT2D eigenvalue weighted by atomic mass is 16.6. The molecule has 4 nitrogen and oxygen atoms in total. The highest BCUT2D eigenvalue weighted by Crippen LogP contribution is 2.13. The van der Waals surface area contributed by atoms with E-state index >= 15 is 0 Å². The van der Waals surface area contributed by atoms with Crippen LogP contribution in [0.2, 0.25) is 0 Å². The Bertz CT molecular complexity index is 340. The van der Waals surface area contributed by atoms with E-state index < -0.39 is 12.1 Å². The van der Waals surface area contributed by atoms with E-state index in [0.29, 0.717) is 25.7 Å². The van der Waals surface area contributed by atoms with E-state index in [9.17, 15) is 15.2 Å². The van der Waals surface area contributed by atoms with Crippen molar-refractivity contribution < 1.29 is 10.0 Å². The summed E-state index contributed by atoms with van der Waals surface area (Å²) in [5.74, 6) is 0. The number of nitrogens with zero attached hydrogens (tertiary/aromatic N) is 1. The maximum atomic E-state index is 10.8. The van der Waals surface area contributed by atoms with Gasteiger partial charge in [0.1, 0.15) is 6.10 Å². The molecule has 1 rings (SSSR count). The first-order chi connectivity index (χ1) is 8.15. The Hall–Kier alpha value is -1.42. The highest BCUT2D eigenvalue weighted by Gasteiger charge is 2.28. The fourth-order valence-corrected chi connectivity index (χ4v) is 1.89. The first kappa shape index (κ1) is 13.6. The number of benzene rings is 1. The van der Waals surface area contributed by atoms with Gasteiger partial charge in [-0.25, -0.2) is 0 Å². The number of aryl methyl sites for hydroxylation is 1. The van der Waals surface area contributed by atoms with Gasteiger partial charge >= 0.3 is 0 Å². The average molecular weight is 237 g/mol. The number of nitro groups is 1. The van der Waals surface area contributed by atoms with Gasteiger partial charge in [-0.3, -0.25) is 10.1 Å². The van der Waals surface area contributed by atoms with Crippen LogP contribution in [0.1, 0.15) is 31.7 Å². The van der Waals surface area contributed by atoms with Crippen molar-refractivity contribution in [3.05, 3.63) is 46.0 Å². The standard InChI is InChI=1S/C13H19NO3/c1-2-6-12(14(16)17)13(15)10-9-11-7-4-3-5-8-11/h3-5,7-8,12-13,15H,2,6,9-10H2,1H3. The van der Waals surface area contributed by atoms with E-state index in [-0.39, 0.29) is 4.92 Å². The topological polar surface area (TPSA) is 63.4 Å². The summed E-state index contributed by atoms with van der Waals surface area (Å²) in [6.45, 7) is 1.89. The molecule has 0 radical (unpaired) electrons. The van der Waals surface area contributed by atoms with Crippen LogP contribution < -0.4 is 0 Å². The zero-order chi connectivity index (χ0) is 12.7. The predicted octanol–water partition coefficient (Wildman–Crippen LogP) is 2.43. The fourth-order valence-electron chi connectivity index (χ4n) is 1.89. The summed E-state index contributed by atoms with van der Waals surface area (Å²) in [4.78, 5) is 10.4. The number of hydrogen-bond donors (Lipinski definition) is 1. The molecule has 0 fully saturated rings. The first-order valence-corrected chi connectivity index (χ1v) is 6.00. The van der Waals surface area contributed by atoms with Crippen molar-refractivity contribution >= 4 is 0 Å². The summed E-state index contributed by atoms with van der Waals surface area (Å²) in [6, 6.07) is 8.89.